The van der Waals surface area contributed by atoms with Gasteiger partial charge in [0.15, 0.2) is 5.82 Å². The number of benzene rings is 1. The third-order valence-corrected chi connectivity index (χ3v) is 11.2. The van der Waals surface area contributed by atoms with Crippen LogP contribution in [0, 0.1) is 0 Å². The molecule has 2 aromatic rings. The molecule has 0 aliphatic carbocycles. The molecule has 19 heteroatoms. The van der Waals surface area contributed by atoms with Crippen molar-refractivity contribution in [1.82, 2.24) is 25.1 Å². The van der Waals surface area contributed by atoms with Gasteiger partial charge in [-0.2, -0.15) is 0 Å². The number of hydrogen-bond acceptors (Lipinski definition) is 15. The van der Waals surface area contributed by atoms with Crippen molar-refractivity contribution in [1.29, 1.82) is 0 Å². The van der Waals surface area contributed by atoms with Crippen LogP contribution < -0.4 is 10.2 Å². The second-order valence-corrected chi connectivity index (χ2v) is 15.5. The average molecular weight is 819 g/mol. The molecule has 0 radical (unpaired) electrons. The fourth-order valence-electron chi connectivity index (χ4n) is 6.07. The Morgan fingerprint density at radius 3 is 2.05 bits per heavy atom. The van der Waals surface area contributed by atoms with E-state index in [0.29, 0.717) is 30.9 Å². The summed E-state index contributed by atoms with van der Waals surface area (Å²) in [5.41, 5.74) is 0.566. The first-order valence-electron chi connectivity index (χ1n) is 19.4. The maximum atomic E-state index is 14.6. The molecule has 0 saturated carbocycles. The number of nitrogens with one attached hydrogen (secondary N) is 1. The number of carbonyl (C=O) groups is 5. The van der Waals surface area contributed by atoms with Crippen LogP contribution in [0.15, 0.2) is 36.4 Å². The van der Waals surface area contributed by atoms with Gasteiger partial charge in [0, 0.05) is 70.8 Å². The minimum atomic E-state index is -4.57. The lowest BCUT2D eigenvalue weighted by Crippen LogP contribution is -2.57. The zero-order chi connectivity index (χ0) is 41.5. The van der Waals surface area contributed by atoms with Gasteiger partial charge in [-0.25, -0.2) is 14.8 Å². The van der Waals surface area contributed by atoms with Gasteiger partial charge in [0.25, 0.3) is 5.91 Å². The molecular formula is C38H55N6O12P. The highest BCUT2D eigenvalue weighted by atomic mass is 31.2. The quantitative estimate of drug-likeness (QED) is 0.0687. The third kappa shape index (κ3) is 13.5. The Balaban J connectivity index is 1.68. The van der Waals surface area contributed by atoms with Gasteiger partial charge in [0.05, 0.1) is 18.9 Å². The molecule has 0 spiro atoms. The van der Waals surface area contributed by atoms with Crippen LogP contribution in [0.4, 0.5) is 10.6 Å². The first-order chi connectivity index (χ1) is 27.3. The second kappa shape index (κ2) is 21.8. The highest BCUT2D eigenvalue weighted by molar-refractivity contribution is 7.54. The monoisotopic (exact) mass is 818 g/mol. The summed E-state index contributed by atoms with van der Waals surface area (Å²) >= 11 is 0. The van der Waals surface area contributed by atoms with Crippen molar-refractivity contribution in [2.75, 3.05) is 64.0 Å². The van der Waals surface area contributed by atoms with E-state index in [2.05, 4.69) is 10.3 Å². The van der Waals surface area contributed by atoms with Crippen molar-refractivity contribution in [3.8, 4) is 11.4 Å². The molecule has 2 aliphatic rings. The Bertz CT molecular complexity index is 1700. The van der Waals surface area contributed by atoms with Crippen LogP contribution in [-0.2, 0) is 46.9 Å². The molecule has 4 rings (SSSR count). The predicted molar refractivity (Wildman–Crippen MR) is 207 cm³/mol. The number of unbranched alkanes of at least 4 members (excludes halogenated alkanes) is 1. The van der Waals surface area contributed by atoms with Crippen LogP contribution in [-0.4, -0.2) is 133 Å². The lowest BCUT2D eigenvalue weighted by molar-refractivity contribution is -0.167. The molecule has 3 heterocycles. The molecule has 314 valence electrons. The molecule has 2 fully saturated rings. The number of hydrogen-bond donors (Lipinski definition) is 1. The van der Waals surface area contributed by atoms with Crippen molar-refractivity contribution in [3.63, 3.8) is 0 Å². The Kier molecular flexibility index (Phi) is 17.2. The molecular weight excluding hydrogens is 763 g/mol. The first-order valence-corrected chi connectivity index (χ1v) is 21.1. The number of esters is 2. The molecule has 2 aliphatic heterocycles. The number of piperazine rings is 1. The van der Waals surface area contributed by atoms with Gasteiger partial charge in [-0.15, -0.1) is 0 Å². The van der Waals surface area contributed by atoms with Crippen molar-refractivity contribution in [2.24, 2.45) is 0 Å². The number of ether oxygens (including phenoxy) is 4. The number of anilines is 1. The number of rotatable bonds is 19. The summed E-state index contributed by atoms with van der Waals surface area (Å²) in [6, 6.07) is 9.02. The minimum absolute atomic E-state index is 0.00584. The van der Waals surface area contributed by atoms with E-state index in [-0.39, 0.29) is 63.2 Å². The standard InChI is InChI=1S/C38H55N6O12P/c1-7-10-22-52-38(49)43-20-18-42(19-21-43)37(48)31(25-57(50,55-26(4)53-33(45)8-2)56-27(5)54-34(46)9-3)40-36(47)30-23-32(44-17-16-29(24-44)51-6)41-35(39-30)28-14-12-11-13-15-28/h11-15,23,26-27,29,31H,7-10,16-22,24-25H2,1-6H3,(H,40,47). The van der Waals surface area contributed by atoms with Crippen LogP contribution in [0.5, 0.6) is 0 Å². The van der Waals surface area contributed by atoms with E-state index in [4.69, 9.17) is 33.0 Å². The van der Waals surface area contributed by atoms with Crippen molar-refractivity contribution in [2.45, 2.75) is 91.4 Å². The highest BCUT2D eigenvalue weighted by Gasteiger charge is 2.41. The van der Waals surface area contributed by atoms with Crippen LogP contribution in [0.2, 0.25) is 0 Å². The predicted octanol–water partition coefficient (Wildman–Crippen LogP) is 4.37. The Morgan fingerprint density at radius 1 is 0.877 bits per heavy atom. The van der Waals surface area contributed by atoms with Gasteiger partial charge in [-0.05, 0) is 26.7 Å². The second-order valence-electron chi connectivity index (χ2n) is 13.5. The van der Waals surface area contributed by atoms with E-state index in [9.17, 15) is 28.5 Å². The van der Waals surface area contributed by atoms with Gasteiger partial charge in [-0.3, -0.25) is 32.8 Å². The van der Waals surface area contributed by atoms with Gasteiger partial charge >= 0.3 is 25.6 Å². The highest BCUT2D eigenvalue weighted by Crippen LogP contribution is 2.51. The smallest absolute Gasteiger partial charge is 0.409 e. The Labute approximate surface area is 333 Å². The molecule has 4 atom stereocenters. The van der Waals surface area contributed by atoms with E-state index in [1.807, 2.05) is 30.0 Å². The minimum Gasteiger partial charge on any atom is -0.449 e. The maximum absolute atomic E-state index is 14.6. The van der Waals surface area contributed by atoms with E-state index in [1.165, 1.54) is 29.7 Å². The molecule has 1 N–H and O–H groups in total. The average Bonchev–Trinajstić information content (AvgIpc) is 3.70. The fourth-order valence-corrected chi connectivity index (χ4v) is 7.97. The van der Waals surface area contributed by atoms with Gasteiger partial charge in [0.1, 0.15) is 17.6 Å². The van der Waals surface area contributed by atoms with Crippen LogP contribution in [0.3, 0.4) is 0 Å². The SMILES string of the molecule is CCCCOC(=O)N1CCN(C(=O)C(CP(=O)(OC(C)OC(=O)CC)OC(C)OC(=O)CC)NC(=O)c2cc(N3CCC(OC)C3)nc(-c3ccccc3)n2)CC1. The fraction of sp³-hybridized carbons (Fsp3) is 0.605. The van der Waals surface area contributed by atoms with Crippen molar-refractivity contribution >= 4 is 43.3 Å². The summed E-state index contributed by atoms with van der Waals surface area (Å²) in [6.07, 6.45) is -1.82. The summed E-state index contributed by atoms with van der Waals surface area (Å²) in [7, 11) is -2.94. The topological polar surface area (TPSA) is 205 Å². The van der Waals surface area contributed by atoms with Crippen LogP contribution in [0.1, 0.15) is 77.2 Å². The largest absolute Gasteiger partial charge is 0.449 e. The summed E-state index contributed by atoms with van der Waals surface area (Å²) in [6.45, 7) is 9.59. The van der Waals surface area contributed by atoms with Crippen LogP contribution >= 0.6 is 7.60 Å². The van der Waals surface area contributed by atoms with Gasteiger partial charge < -0.3 is 39.0 Å². The molecule has 2 saturated heterocycles. The molecule has 57 heavy (non-hydrogen) atoms. The zero-order valence-electron chi connectivity index (χ0n) is 33.5. The lowest BCUT2D eigenvalue weighted by Gasteiger charge is -2.36. The van der Waals surface area contributed by atoms with Gasteiger partial charge in [-0.1, -0.05) is 57.5 Å². The van der Waals surface area contributed by atoms with E-state index in [1.54, 1.807) is 33.1 Å². The number of methoxy groups -OCH3 is 1. The normalized spacial score (nSPS) is 18.2. The summed E-state index contributed by atoms with van der Waals surface area (Å²) in [5, 5.41) is 2.70. The third-order valence-electron chi connectivity index (χ3n) is 9.15. The van der Waals surface area contributed by atoms with Gasteiger partial charge in [0.2, 0.25) is 18.5 Å². The molecule has 1 aromatic heterocycles. The number of carbonyl (C=O) groups excluding carboxylic acids is 5. The Hall–Kier alpha value is -4.64. The number of nitrogens with zero attached hydrogens (tertiary/aromatic N) is 5. The van der Waals surface area contributed by atoms with E-state index in [0.717, 1.165) is 12.8 Å². The van der Waals surface area contributed by atoms with Crippen molar-refractivity contribution in [3.05, 3.63) is 42.1 Å². The number of aromatic nitrogens is 2. The van der Waals surface area contributed by atoms with Crippen LogP contribution in [0.25, 0.3) is 11.4 Å². The lowest BCUT2D eigenvalue weighted by atomic mass is 10.2. The summed E-state index contributed by atoms with van der Waals surface area (Å²) < 4.78 is 47.3. The van der Waals surface area contributed by atoms with Crippen molar-refractivity contribution < 1.29 is 56.5 Å². The number of amides is 3. The molecule has 1 aromatic carbocycles. The molecule has 4 unspecified atom stereocenters. The first kappa shape index (κ1) is 45.1. The zero-order valence-corrected chi connectivity index (χ0v) is 34.4. The molecule has 0 bridgehead atoms. The summed E-state index contributed by atoms with van der Waals surface area (Å²) in [4.78, 5) is 79.7. The summed E-state index contributed by atoms with van der Waals surface area (Å²) in [5.74, 6) is -2.04. The van der Waals surface area contributed by atoms with E-state index >= 15 is 0 Å². The molecule has 18 nitrogen and oxygen atoms in total. The Morgan fingerprint density at radius 2 is 1.49 bits per heavy atom. The molecule has 3 amide bonds. The maximum Gasteiger partial charge on any atom is 0.409 e. The van der Waals surface area contributed by atoms with E-state index < -0.39 is 62.2 Å².